The molecule has 0 aromatic heterocycles. The van der Waals surface area contributed by atoms with E-state index in [1.807, 2.05) is 4.90 Å². The lowest BCUT2D eigenvalue weighted by atomic mass is 10.1. The molecule has 0 radical (unpaired) electrons. The number of nitrogens with one attached hydrogen (secondary N) is 1. The van der Waals surface area contributed by atoms with Gasteiger partial charge in [0.1, 0.15) is 0 Å². The second-order valence-electron chi connectivity index (χ2n) is 5.51. The third kappa shape index (κ3) is 3.76. The van der Waals surface area contributed by atoms with Crippen LogP contribution in [0.2, 0.25) is 10.0 Å². The van der Waals surface area contributed by atoms with Gasteiger partial charge in [0.05, 0.1) is 16.6 Å². The van der Waals surface area contributed by atoms with Gasteiger partial charge >= 0.3 is 0 Å². The van der Waals surface area contributed by atoms with Gasteiger partial charge in [-0.05, 0) is 18.2 Å². The highest BCUT2D eigenvalue weighted by Crippen LogP contribution is 2.23. The molecule has 1 unspecified atom stereocenters. The van der Waals surface area contributed by atoms with Crippen molar-refractivity contribution in [3.63, 3.8) is 0 Å². The lowest BCUT2D eigenvalue weighted by molar-refractivity contribution is -0.134. The fraction of sp³-hybridized carbons (Fsp3) is 0.467. The Hall–Kier alpha value is -0.950. The minimum absolute atomic E-state index is 0.0899. The number of amides is 2. The molecule has 0 spiro atoms. The normalized spacial score (nSPS) is 21.6. The van der Waals surface area contributed by atoms with Crippen LogP contribution in [-0.4, -0.2) is 65.5 Å². The third-order valence-electron chi connectivity index (χ3n) is 4.05. The van der Waals surface area contributed by atoms with Crippen LogP contribution in [0.3, 0.4) is 0 Å². The number of carbonyl (C=O) groups excluding carboxylic acids is 2. The lowest BCUT2D eigenvalue weighted by Crippen LogP contribution is -2.54. The van der Waals surface area contributed by atoms with Gasteiger partial charge in [-0.15, -0.1) is 11.8 Å². The van der Waals surface area contributed by atoms with Gasteiger partial charge in [-0.1, -0.05) is 23.2 Å². The molecule has 0 bridgehead atoms. The molecule has 2 aliphatic rings. The zero-order chi connectivity index (χ0) is 16.4. The monoisotopic (exact) mass is 373 g/mol. The molecule has 1 aromatic carbocycles. The largest absolute Gasteiger partial charge is 0.338 e. The van der Waals surface area contributed by atoms with E-state index in [0.29, 0.717) is 41.8 Å². The SMILES string of the molecule is O=C(c1ccc(Cl)cc1Cl)N1CCN(C(=O)C2CSCN2)CC1. The van der Waals surface area contributed by atoms with Crippen LogP contribution >= 0.6 is 35.0 Å². The molecule has 3 rings (SSSR count). The lowest BCUT2D eigenvalue weighted by Gasteiger charge is -2.36. The Morgan fingerprint density at radius 2 is 1.83 bits per heavy atom. The highest BCUT2D eigenvalue weighted by atomic mass is 35.5. The first kappa shape index (κ1) is 16.9. The summed E-state index contributed by atoms with van der Waals surface area (Å²) >= 11 is 13.7. The van der Waals surface area contributed by atoms with E-state index < -0.39 is 0 Å². The number of carbonyl (C=O) groups is 2. The van der Waals surface area contributed by atoms with Crippen LogP contribution in [0.25, 0.3) is 0 Å². The zero-order valence-corrected chi connectivity index (χ0v) is 14.8. The van der Waals surface area contributed by atoms with E-state index in [1.54, 1.807) is 34.9 Å². The molecule has 8 heteroatoms. The van der Waals surface area contributed by atoms with Gasteiger partial charge in [0.2, 0.25) is 5.91 Å². The maximum Gasteiger partial charge on any atom is 0.255 e. The zero-order valence-electron chi connectivity index (χ0n) is 12.4. The molecule has 2 amide bonds. The molecule has 124 valence electrons. The van der Waals surface area contributed by atoms with E-state index in [0.717, 1.165) is 11.6 Å². The van der Waals surface area contributed by atoms with E-state index in [1.165, 1.54) is 0 Å². The van der Waals surface area contributed by atoms with Crippen molar-refractivity contribution in [3.8, 4) is 0 Å². The summed E-state index contributed by atoms with van der Waals surface area (Å²) < 4.78 is 0. The van der Waals surface area contributed by atoms with Gasteiger partial charge in [0.25, 0.3) is 5.91 Å². The number of hydrogen-bond acceptors (Lipinski definition) is 4. The Balaban J connectivity index is 1.60. The predicted octanol–water partition coefficient (Wildman–Crippen LogP) is 1.94. The Morgan fingerprint density at radius 3 is 2.43 bits per heavy atom. The number of hydrogen-bond donors (Lipinski definition) is 1. The van der Waals surface area contributed by atoms with Crippen molar-refractivity contribution >= 4 is 46.8 Å². The van der Waals surface area contributed by atoms with Crippen LogP contribution < -0.4 is 5.32 Å². The van der Waals surface area contributed by atoms with Gasteiger partial charge in [-0.2, -0.15) is 0 Å². The smallest absolute Gasteiger partial charge is 0.255 e. The summed E-state index contributed by atoms with van der Waals surface area (Å²) in [5, 5.41) is 4.05. The quantitative estimate of drug-likeness (QED) is 0.860. The molecule has 0 saturated carbocycles. The van der Waals surface area contributed by atoms with Crippen molar-refractivity contribution in [2.24, 2.45) is 0 Å². The Morgan fingerprint density at radius 1 is 1.13 bits per heavy atom. The molecule has 2 aliphatic heterocycles. The predicted molar refractivity (Wildman–Crippen MR) is 93.2 cm³/mol. The molecule has 0 aliphatic carbocycles. The van der Waals surface area contributed by atoms with Gasteiger partial charge < -0.3 is 9.80 Å². The summed E-state index contributed by atoms with van der Waals surface area (Å²) in [6.45, 7) is 2.14. The van der Waals surface area contributed by atoms with Crippen LogP contribution in [0.1, 0.15) is 10.4 Å². The first-order chi connectivity index (χ1) is 11.1. The van der Waals surface area contributed by atoms with Gasteiger partial charge in [0.15, 0.2) is 0 Å². The van der Waals surface area contributed by atoms with Crippen molar-refractivity contribution in [2.45, 2.75) is 6.04 Å². The number of piperazine rings is 1. The Bertz CT molecular complexity index is 615. The number of benzene rings is 1. The van der Waals surface area contributed by atoms with Crippen molar-refractivity contribution in [3.05, 3.63) is 33.8 Å². The summed E-state index contributed by atoms with van der Waals surface area (Å²) in [6.07, 6.45) is 0. The van der Waals surface area contributed by atoms with Crippen LogP contribution in [0.5, 0.6) is 0 Å². The molecule has 2 fully saturated rings. The minimum atomic E-state index is -0.117. The molecule has 1 atom stereocenters. The van der Waals surface area contributed by atoms with Gasteiger partial charge in [0, 0.05) is 42.8 Å². The van der Waals surface area contributed by atoms with Crippen molar-refractivity contribution in [2.75, 3.05) is 37.8 Å². The van der Waals surface area contributed by atoms with E-state index in [9.17, 15) is 9.59 Å². The van der Waals surface area contributed by atoms with E-state index >= 15 is 0 Å². The number of thioether (sulfide) groups is 1. The third-order valence-corrected chi connectivity index (χ3v) is 5.54. The molecule has 1 aromatic rings. The van der Waals surface area contributed by atoms with Crippen LogP contribution in [0.4, 0.5) is 0 Å². The standard InChI is InChI=1S/C15H17Cl2N3O2S/c16-10-1-2-11(12(17)7-10)14(21)19-3-5-20(6-4-19)15(22)13-8-23-9-18-13/h1-2,7,13,18H,3-6,8-9H2. The van der Waals surface area contributed by atoms with Crippen LogP contribution in [0, 0.1) is 0 Å². The minimum Gasteiger partial charge on any atom is -0.338 e. The first-order valence-electron chi connectivity index (χ1n) is 7.40. The summed E-state index contributed by atoms with van der Waals surface area (Å²) in [5.41, 5.74) is 0.449. The summed E-state index contributed by atoms with van der Waals surface area (Å²) in [4.78, 5) is 28.5. The highest BCUT2D eigenvalue weighted by molar-refractivity contribution is 7.99. The molecule has 2 saturated heterocycles. The van der Waals surface area contributed by atoms with Gasteiger partial charge in [-0.3, -0.25) is 14.9 Å². The maximum atomic E-state index is 12.5. The first-order valence-corrected chi connectivity index (χ1v) is 9.31. The summed E-state index contributed by atoms with van der Waals surface area (Å²) in [7, 11) is 0. The van der Waals surface area contributed by atoms with Crippen LogP contribution in [-0.2, 0) is 4.79 Å². The van der Waals surface area contributed by atoms with E-state index in [4.69, 9.17) is 23.2 Å². The molecular weight excluding hydrogens is 357 g/mol. The van der Waals surface area contributed by atoms with Crippen LogP contribution in [0.15, 0.2) is 18.2 Å². The van der Waals surface area contributed by atoms with Crippen molar-refractivity contribution in [1.82, 2.24) is 15.1 Å². The number of rotatable bonds is 2. The second kappa shape index (κ2) is 7.30. The average molecular weight is 374 g/mol. The molecule has 1 N–H and O–H groups in total. The molecule has 2 heterocycles. The van der Waals surface area contributed by atoms with E-state index in [2.05, 4.69) is 5.32 Å². The number of halogens is 2. The highest BCUT2D eigenvalue weighted by Gasteiger charge is 2.31. The van der Waals surface area contributed by atoms with E-state index in [-0.39, 0.29) is 17.9 Å². The fourth-order valence-corrected chi connectivity index (χ4v) is 4.16. The van der Waals surface area contributed by atoms with Gasteiger partial charge in [-0.25, -0.2) is 0 Å². The maximum absolute atomic E-state index is 12.5. The molecule has 23 heavy (non-hydrogen) atoms. The summed E-state index contributed by atoms with van der Waals surface area (Å²) in [6, 6.07) is 4.78. The van der Waals surface area contributed by atoms with Crippen molar-refractivity contribution < 1.29 is 9.59 Å². The second-order valence-corrected chi connectivity index (χ2v) is 7.39. The number of nitrogens with zero attached hydrogens (tertiary/aromatic N) is 2. The fourth-order valence-electron chi connectivity index (χ4n) is 2.74. The Labute approximate surface area is 149 Å². The average Bonchev–Trinajstić information content (AvgIpc) is 3.08. The summed E-state index contributed by atoms with van der Waals surface area (Å²) in [5.74, 6) is 1.65. The molecule has 5 nitrogen and oxygen atoms in total. The van der Waals surface area contributed by atoms with Crippen molar-refractivity contribution in [1.29, 1.82) is 0 Å². The topological polar surface area (TPSA) is 52.7 Å². The molecular formula is C15H17Cl2N3O2S. The Kier molecular flexibility index (Phi) is 5.36.